The molecule has 3 aliphatic rings. The number of fused-ring (bicyclic) bond motifs is 1. The molecule has 6 nitrogen and oxygen atoms in total. The molecule has 1 aromatic rings. The summed E-state index contributed by atoms with van der Waals surface area (Å²) in [5, 5.41) is 2.93. The summed E-state index contributed by atoms with van der Waals surface area (Å²) in [4.78, 5) is 27.5. The molecule has 3 aliphatic heterocycles. The third kappa shape index (κ3) is 2.35. The molecule has 2 amide bonds. The number of amides is 2. The maximum absolute atomic E-state index is 13.1. The lowest BCUT2D eigenvalue weighted by Gasteiger charge is -2.24. The van der Waals surface area contributed by atoms with Crippen LogP contribution in [0.4, 0.5) is 5.69 Å². The van der Waals surface area contributed by atoms with Gasteiger partial charge in [-0.25, -0.2) is 0 Å². The van der Waals surface area contributed by atoms with Gasteiger partial charge in [-0.15, -0.1) is 0 Å². The summed E-state index contributed by atoms with van der Waals surface area (Å²) < 4.78 is 11.3. The Morgan fingerprint density at radius 3 is 2.72 bits per heavy atom. The summed E-state index contributed by atoms with van der Waals surface area (Å²) in [6, 6.07) is 7.39. The first-order valence-electron chi connectivity index (χ1n) is 8.58. The van der Waals surface area contributed by atoms with E-state index in [-0.39, 0.29) is 24.0 Å². The van der Waals surface area contributed by atoms with Crippen molar-refractivity contribution in [2.45, 2.75) is 31.6 Å². The molecular formula is C19H22N2O4. The molecule has 0 aliphatic carbocycles. The van der Waals surface area contributed by atoms with Crippen molar-refractivity contribution in [1.82, 2.24) is 5.32 Å². The fourth-order valence-electron chi connectivity index (χ4n) is 4.16. The van der Waals surface area contributed by atoms with Gasteiger partial charge in [0.1, 0.15) is 11.4 Å². The van der Waals surface area contributed by atoms with Gasteiger partial charge in [0.15, 0.2) is 0 Å². The number of benzene rings is 1. The van der Waals surface area contributed by atoms with Gasteiger partial charge in [0.25, 0.3) is 0 Å². The predicted molar refractivity (Wildman–Crippen MR) is 92.3 cm³/mol. The second-order valence-electron chi connectivity index (χ2n) is 7.19. The maximum atomic E-state index is 13.1. The van der Waals surface area contributed by atoms with E-state index in [1.165, 1.54) is 0 Å². The van der Waals surface area contributed by atoms with Gasteiger partial charge >= 0.3 is 0 Å². The number of hydrogen-bond donors (Lipinski definition) is 1. The second-order valence-corrected chi connectivity index (χ2v) is 7.19. The largest absolute Gasteiger partial charge is 0.497 e. The lowest BCUT2D eigenvalue weighted by atomic mass is 9.76. The van der Waals surface area contributed by atoms with Crippen LogP contribution in [0.2, 0.25) is 0 Å². The Bertz CT molecular complexity index is 742. The number of nitrogens with one attached hydrogen (secondary N) is 1. The van der Waals surface area contributed by atoms with Gasteiger partial charge in [-0.2, -0.15) is 0 Å². The Kier molecular flexibility index (Phi) is 3.61. The van der Waals surface area contributed by atoms with Crippen molar-refractivity contribution in [1.29, 1.82) is 0 Å². The Labute approximate surface area is 146 Å². The fourth-order valence-corrected chi connectivity index (χ4v) is 4.16. The Morgan fingerprint density at radius 1 is 1.36 bits per heavy atom. The van der Waals surface area contributed by atoms with Crippen LogP contribution in [0.5, 0.6) is 5.75 Å². The number of nitrogens with zero attached hydrogens (tertiary/aromatic N) is 1. The molecule has 6 heteroatoms. The summed E-state index contributed by atoms with van der Waals surface area (Å²) in [7, 11) is 1.61. The SMILES string of the molecule is COc1ccc(N2C[C@]34C=C[C@@H](O3)[C@@H](C(=O)NC(C)C)[C@H]4C2=O)cc1. The Morgan fingerprint density at radius 2 is 2.08 bits per heavy atom. The molecule has 0 aromatic heterocycles. The minimum absolute atomic E-state index is 0.0285. The summed E-state index contributed by atoms with van der Waals surface area (Å²) in [5.41, 5.74) is 0.0961. The average Bonchev–Trinajstić information content (AvgIpc) is 3.22. The zero-order chi connectivity index (χ0) is 17.8. The van der Waals surface area contributed by atoms with Crippen LogP contribution in [0.15, 0.2) is 36.4 Å². The molecule has 1 N–H and O–H groups in total. The highest BCUT2D eigenvalue weighted by atomic mass is 16.5. The van der Waals surface area contributed by atoms with E-state index in [4.69, 9.17) is 9.47 Å². The molecule has 2 fully saturated rings. The van der Waals surface area contributed by atoms with E-state index in [0.29, 0.717) is 6.54 Å². The third-order valence-corrected chi connectivity index (χ3v) is 5.22. The number of hydrogen-bond acceptors (Lipinski definition) is 4. The van der Waals surface area contributed by atoms with E-state index in [1.54, 1.807) is 12.0 Å². The fraction of sp³-hybridized carbons (Fsp3) is 0.474. The first-order valence-corrected chi connectivity index (χ1v) is 8.58. The number of carbonyl (C=O) groups excluding carboxylic acids is 2. The van der Waals surface area contributed by atoms with Gasteiger partial charge in [-0.05, 0) is 38.1 Å². The lowest BCUT2D eigenvalue weighted by Crippen LogP contribution is -2.45. The molecule has 0 unspecified atom stereocenters. The number of carbonyl (C=O) groups is 2. The monoisotopic (exact) mass is 342 g/mol. The minimum atomic E-state index is -0.694. The number of methoxy groups -OCH3 is 1. The van der Waals surface area contributed by atoms with Crippen molar-refractivity contribution in [2.75, 3.05) is 18.6 Å². The van der Waals surface area contributed by atoms with Crippen LogP contribution in [0, 0.1) is 11.8 Å². The smallest absolute Gasteiger partial charge is 0.234 e. The Hall–Kier alpha value is -2.34. The molecule has 4 atom stereocenters. The first-order chi connectivity index (χ1) is 11.9. The standard InChI is InChI=1S/C19H22N2O4/c1-11(2)20-17(22)15-14-8-9-19(25-14)10-21(18(23)16(15)19)12-4-6-13(24-3)7-5-12/h4-9,11,14-16H,10H2,1-3H3,(H,20,22)/t14-,15-,16+,19+/m1/s1. The normalized spacial score (nSPS) is 32.4. The van der Waals surface area contributed by atoms with Crippen LogP contribution in [-0.4, -0.2) is 43.2 Å². The van der Waals surface area contributed by atoms with Gasteiger partial charge in [0.2, 0.25) is 11.8 Å². The molecule has 1 spiro atoms. The third-order valence-electron chi connectivity index (χ3n) is 5.22. The highest BCUT2D eigenvalue weighted by Gasteiger charge is 2.67. The van der Waals surface area contributed by atoms with E-state index in [2.05, 4.69) is 5.32 Å². The molecular weight excluding hydrogens is 320 g/mol. The quantitative estimate of drug-likeness (QED) is 0.842. The van der Waals surface area contributed by atoms with Crippen LogP contribution in [-0.2, 0) is 14.3 Å². The molecule has 4 rings (SSSR count). The van der Waals surface area contributed by atoms with Crippen molar-refractivity contribution >= 4 is 17.5 Å². The predicted octanol–water partition coefficient (Wildman–Crippen LogP) is 1.51. The molecule has 2 bridgehead atoms. The van der Waals surface area contributed by atoms with Gasteiger partial charge in [0.05, 0.1) is 31.6 Å². The average molecular weight is 342 g/mol. The second kappa shape index (κ2) is 5.59. The first kappa shape index (κ1) is 16.1. The van der Waals surface area contributed by atoms with Gasteiger partial charge in [0, 0.05) is 11.7 Å². The lowest BCUT2D eigenvalue weighted by molar-refractivity contribution is -0.132. The van der Waals surface area contributed by atoms with Crippen molar-refractivity contribution in [3.8, 4) is 5.75 Å². The minimum Gasteiger partial charge on any atom is -0.497 e. The van der Waals surface area contributed by atoms with Crippen molar-refractivity contribution in [3.63, 3.8) is 0 Å². The van der Waals surface area contributed by atoms with Crippen molar-refractivity contribution < 1.29 is 19.1 Å². The number of anilines is 1. The molecule has 0 radical (unpaired) electrons. The van der Waals surface area contributed by atoms with E-state index >= 15 is 0 Å². The van der Waals surface area contributed by atoms with E-state index in [0.717, 1.165) is 11.4 Å². The zero-order valence-corrected chi connectivity index (χ0v) is 14.6. The van der Waals surface area contributed by atoms with Crippen LogP contribution in [0.25, 0.3) is 0 Å². The number of ether oxygens (including phenoxy) is 2. The highest BCUT2D eigenvalue weighted by molar-refractivity contribution is 6.03. The van der Waals surface area contributed by atoms with Gasteiger partial charge in [-0.3, -0.25) is 9.59 Å². The summed E-state index contributed by atoms with van der Waals surface area (Å²) >= 11 is 0. The molecule has 0 saturated carbocycles. The molecule has 2 saturated heterocycles. The van der Waals surface area contributed by atoms with E-state index in [1.807, 2.05) is 50.3 Å². The van der Waals surface area contributed by atoms with E-state index in [9.17, 15) is 9.59 Å². The number of rotatable bonds is 4. The van der Waals surface area contributed by atoms with Crippen LogP contribution >= 0.6 is 0 Å². The topological polar surface area (TPSA) is 67.9 Å². The zero-order valence-electron chi connectivity index (χ0n) is 14.6. The molecule has 3 heterocycles. The summed E-state index contributed by atoms with van der Waals surface area (Å²) in [6.07, 6.45) is 3.57. The van der Waals surface area contributed by atoms with Crippen LogP contribution < -0.4 is 15.0 Å². The van der Waals surface area contributed by atoms with Crippen LogP contribution in [0.3, 0.4) is 0 Å². The van der Waals surface area contributed by atoms with E-state index < -0.39 is 17.4 Å². The van der Waals surface area contributed by atoms with Crippen molar-refractivity contribution in [2.24, 2.45) is 11.8 Å². The van der Waals surface area contributed by atoms with Gasteiger partial charge < -0.3 is 19.7 Å². The molecule has 25 heavy (non-hydrogen) atoms. The van der Waals surface area contributed by atoms with Crippen LogP contribution in [0.1, 0.15) is 13.8 Å². The highest BCUT2D eigenvalue weighted by Crippen LogP contribution is 2.52. The molecule has 1 aromatic carbocycles. The van der Waals surface area contributed by atoms with Crippen molar-refractivity contribution in [3.05, 3.63) is 36.4 Å². The maximum Gasteiger partial charge on any atom is 0.234 e. The molecule has 132 valence electrons. The Balaban J connectivity index is 1.64. The van der Waals surface area contributed by atoms with Gasteiger partial charge in [-0.1, -0.05) is 12.2 Å². The summed E-state index contributed by atoms with van der Waals surface area (Å²) in [5.74, 6) is -0.367. The summed E-state index contributed by atoms with van der Waals surface area (Å²) in [6.45, 7) is 4.26.